The molecule has 0 bridgehead atoms. The van der Waals surface area contributed by atoms with Crippen LogP contribution in [-0.4, -0.2) is 37.7 Å². The van der Waals surface area contributed by atoms with E-state index in [1.807, 2.05) is 6.92 Å². The van der Waals surface area contributed by atoms with Crippen LogP contribution < -0.4 is 11.5 Å². The molecule has 4 N–H and O–H groups in total. The molecule has 0 aromatic heterocycles. The van der Waals surface area contributed by atoms with Gasteiger partial charge in [-0.1, -0.05) is 33.1 Å². The van der Waals surface area contributed by atoms with Gasteiger partial charge in [-0.3, -0.25) is 9.59 Å². The van der Waals surface area contributed by atoms with Crippen molar-refractivity contribution in [2.75, 3.05) is 19.7 Å². The molecule has 0 spiro atoms. The number of hydrogen-bond acceptors (Lipinski definition) is 6. The average molecular weight is 385 g/mol. The summed E-state index contributed by atoms with van der Waals surface area (Å²) in [5, 5.41) is 0. The minimum absolute atomic E-state index is 0.0823. The first-order valence-electron chi connectivity index (χ1n) is 10.6. The van der Waals surface area contributed by atoms with Crippen LogP contribution in [0.1, 0.15) is 78.6 Å². The quantitative estimate of drug-likeness (QED) is 0.501. The van der Waals surface area contributed by atoms with Crippen molar-refractivity contribution in [3.8, 4) is 0 Å². The predicted octanol–water partition coefficient (Wildman–Crippen LogP) is 3.16. The number of ether oxygens (including phenoxy) is 2. The SMILES string of the molecule is CC(C)C[C@@H](CN)CC(=O)OC(C)CCOC(=O)CC1(CN)CCCCC1. The number of carbonyl (C=O) groups excluding carboxylic acids is 2. The summed E-state index contributed by atoms with van der Waals surface area (Å²) >= 11 is 0. The summed E-state index contributed by atoms with van der Waals surface area (Å²) < 4.78 is 10.8. The Hall–Kier alpha value is -1.14. The van der Waals surface area contributed by atoms with E-state index in [1.54, 1.807) is 0 Å². The maximum atomic E-state index is 12.2. The van der Waals surface area contributed by atoms with E-state index >= 15 is 0 Å². The molecule has 1 unspecified atom stereocenters. The zero-order valence-corrected chi connectivity index (χ0v) is 17.5. The number of carbonyl (C=O) groups is 2. The van der Waals surface area contributed by atoms with Gasteiger partial charge in [0, 0.05) is 12.8 Å². The highest BCUT2D eigenvalue weighted by atomic mass is 16.6. The van der Waals surface area contributed by atoms with Gasteiger partial charge in [0.2, 0.25) is 0 Å². The van der Waals surface area contributed by atoms with Crippen LogP contribution in [0.5, 0.6) is 0 Å². The average Bonchev–Trinajstić information content (AvgIpc) is 2.61. The lowest BCUT2D eigenvalue weighted by Gasteiger charge is -2.35. The van der Waals surface area contributed by atoms with Gasteiger partial charge in [0.25, 0.3) is 0 Å². The van der Waals surface area contributed by atoms with Gasteiger partial charge in [-0.15, -0.1) is 0 Å². The Morgan fingerprint density at radius 1 is 1.04 bits per heavy atom. The highest BCUT2D eigenvalue weighted by molar-refractivity contribution is 5.70. The van der Waals surface area contributed by atoms with E-state index in [4.69, 9.17) is 20.9 Å². The van der Waals surface area contributed by atoms with Crippen LogP contribution in [0.25, 0.3) is 0 Å². The van der Waals surface area contributed by atoms with Crippen molar-refractivity contribution in [1.29, 1.82) is 0 Å². The Morgan fingerprint density at radius 2 is 1.70 bits per heavy atom. The van der Waals surface area contributed by atoms with Gasteiger partial charge in [-0.05, 0) is 56.5 Å². The van der Waals surface area contributed by atoms with E-state index in [0.29, 0.717) is 38.3 Å². The van der Waals surface area contributed by atoms with Gasteiger partial charge in [0.1, 0.15) is 6.10 Å². The Bertz CT molecular complexity index is 447. The minimum atomic E-state index is -0.277. The van der Waals surface area contributed by atoms with Gasteiger partial charge in [-0.25, -0.2) is 0 Å². The second-order valence-electron chi connectivity index (χ2n) is 8.69. The molecule has 0 aromatic carbocycles. The topological polar surface area (TPSA) is 105 Å². The third kappa shape index (κ3) is 9.56. The summed E-state index contributed by atoms with van der Waals surface area (Å²) in [6.45, 7) is 7.35. The first kappa shape index (κ1) is 23.9. The van der Waals surface area contributed by atoms with Crippen molar-refractivity contribution in [3.05, 3.63) is 0 Å². The Kier molecular flexibility index (Phi) is 10.9. The van der Waals surface area contributed by atoms with Crippen LogP contribution in [0.3, 0.4) is 0 Å². The Morgan fingerprint density at radius 3 is 2.26 bits per heavy atom. The van der Waals surface area contributed by atoms with Crippen LogP contribution in [0.2, 0.25) is 0 Å². The van der Waals surface area contributed by atoms with Crippen LogP contribution in [0.15, 0.2) is 0 Å². The second kappa shape index (κ2) is 12.3. The third-order valence-corrected chi connectivity index (χ3v) is 5.58. The van der Waals surface area contributed by atoms with E-state index in [-0.39, 0.29) is 36.0 Å². The molecule has 6 nitrogen and oxygen atoms in total. The first-order chi connectivity index (χ1) is 12.8. The summed E-state index contributed by atoms with van der Waals surface area (Å²) in [6.07, 6.45) is 7.39. The monoisotopic (exact) mass is 384 g/mol. The standard InChI is InChI=1S/C21H40N2O4/c1-16(2)11-18(14-22)12-19(24)27-17(3)7-10-26-20(25)13-21(15-23)8-5-4-6-9-21/h16-18H,4-15,22-23H2,1-3H3/t17?,18-/m1/s1. The molecule has 27 heavy (non-hydrogen) atoms. The zero-order chi connectivity index (χ0) is 20.3. The van der Waals surface area contributed by atoms with Gasteiger partial charge in [0.15, 0.2) is 0 Å². The molecule has 1 fully saturated rings. The summed E-state index contributed by atoms with van der Waals surface area (Å²) in [5.41, 5.74) is 11.6. The maximum Gasteiger partial charge on any atom is 0.306 e. The number of esters is 2. The molecule has 158 valence electrons. The van der Waals surface area contributed by atoms with Crippen molar-refractivity contribution in [2.45, 2.75) is 84.7 Å². The van der Waals surface area contributed by atoms with E-state index in [0.717, 1.165) is 32.1 Å². The van der Waals surface area contributed by atoms with Crippen molar-refractivity contribution < 1.29 is 19.1 Å². The largest absolute Gasteiger partial charge is 0.466 e. The Balaban J connectivity index is 2.26. The lowest BCUT2D eigenvalue weighted by molar-refractivity contribution is -0.152. The molecule has 0 saturated heterocycles. The van der Waals surface area contributed by atoms with Gasteiger partial charge < -0.3 is 20.9 Å². The fourth-order valence-corrected chi connectivity index (χ4v) is 3.95. The summed E-state index contributed by atoms with van der Waals surface area (Å²) in [7, 11) is 0. The summed E-state index contributed by atoms with van der Waals surface area (Å²) in [4.78, 5) is 24.2. The van der Waals surface area contributed by atoms with E-state index in [2.05, 4.69) is 13.8 Å². The molecule has 1 aliphatic carbocycles. The predicted molar refractivity (Wildman–Crippen MR) is 107 cm³/mol. The molecule has 1 saturated carbocycles. The molecule has 6 heteroatoms. The van der Waals surface area contributed by atoms with Crippen LogP contribution in [-0.2, 0) is 19.1 Å². The van der Waals surface area contributed by atoms with Crippen molar-refractivity contribution in [2.24, 2.45) is 28.7 Å². The highest BCUT2D eigenvalue weighted by Crippen LogP contribution is 2.38. The summed E-state index contributed by atoms with van der Waals surface area (Å²) in [6, 6.07) is 0. The molecule has 1 rings (SSSR count). The van der Waals surface area contributed by atoms with Gasteiger partial charge in [-0.2, -0.15) is 0 Å². The molecule has 2 atom stereocenters. The fraction of sp³-hybridized carbons (Fsp3) is 0.905. The third-order valence-electron chi connectivity index (χ3n) is 5.58. The lowest BCUT2D eigenvalue weighted by atomic mass is 9.72. The molecule has 0 heterocycles. The van der Waals surface area contributed by atoms with Crippen LogP contribution in [0, 0.1) is 17.3 Å². The molecule has 1 aliphatic rings. The molecule has 0 aromatic rings. The minimum Gasteiger partial charge on any atom is -0.466 e. The van der Waals surface area contributed by atoms with Crippen molar-refractivity contribution >= 4 is 11.9 Å². The van der Waals surface area contributed by atoms with E-state index < -0.39 is 0 Å². The van der Waals surface area contributed by atoms with Crippen LogP contribution >= 0.6 is 0 Å². The Labute approximate surface area is 164 Å². The van der Waals surface area contributed by atoms with Crippen LogP contribution in [0.4, 0.5) is 0 Å². The fourth-order valence-electron chi connectivity index (χ4n) is 3.95. The lowest BCUT2D eigenvalue weighted by Crippen LogP contribution is -2.35. The van der Waals surface area contributed by atoms with Crippen molar-refractivity contribution in [1.82, 2.24) is 0 Å². The second-order valence-corrected chi connectivity index (χ2v) is 8.69. The molecule has 0 radical (unpaired) electrons. The molecule has 0 amide bonds. The maximum absolute atomic E-state index is 12.2. The highest BCUT2D eigenvalue weighted by Gasteiger charge is 2.33. The van der Waals surface area contributed by atoms with E-state index in [1.165, 1.54) is 6.42 Å². The van der Waals surface area contributed by atoms with Gasteiger partial charge in [0.05, 0.1) is 13.0 Å². The molecule has 0 aliphatic heterocycles. The molecular weight excluding hydrogens is 344 g/mol. The zero-order valence-electron chi connectivity index (χ0n) is 17.5. The van der Waals surface area contributed by atoms with E-state index in [9.17, 15) is 9.59 Å². The number of hydrogen-bond donors (Lipinski definition) is 2. The van der Waals surface area contributed by atoms with Gasteiger partial charge >= 0.3 is 11.9 Å². The van der Waals surface area contributed by atoms with Crippen molar-refractivity contribution in [3.63, 3.8) is 0 Å². The molecular formula is C21H40N2O4. The number of rotatable bonds is 12. The number of nitrogens with two attached hydrogens (primary N) is 2. The smallest absolute Gasteiger partial charge is 0.306 e. The normalized spacial score (nSPS) is 18.7. The summed E-state index contributed by atoms with van der Waals surface area (Å²) in [5.74, 6) is 0.241. The first-order valence-corrected chi connectivity index (χ1v) is 10.6.